The highest BCUT2D eigenvalue weighted by atomic mass is 79.9. The lowest BCUT2D eigenvalue weighted by Crippen LogP contribution is -2.34. The maximum atomic E-state index is 11.2. The molecule has 64 valence electrons. The molecule has 0 heterocycles. The van der Waals surface area contributed by atoms with Gasteiger partial charge in [-0.1, -0.05) is 28.8 Å². The molecule has 1 N–H and O–H groups in total. The van der Waals surface area contributed by atoms with Crippen molar-refractivity contribution in [3.05, 3.63) is 0 Å². The number of rotatable bonds is 1. The van der Waals surface area contributed by atoms with Crippen LogP contribution in [0.2, 0.25) is 0 Å². The van der Waals surface area contributed by atoms with E-state index in [4.69, 9.17) is 0 Å². The van der Waals surface area contributed by atoms with E-state index in [0.717, 1.165) is 12.8 Å². The highest BCUT2D eigenvalue weighted by molar-refractivity contribution is 9.09. The van der Waals surface area contributed by atoms with Crippen LogP contribution in [0, 0.1) is 5.92 Å². The normalized spacial score (nSPS) is 31.5. The van der Waals surface area contributed by atoms with Gasteiger partial charge in [-0.05, 0) is 12.8 Å². The average molecular weight is 220 g/mol. The van der Waals surface area contributed by atoms with Gasteiger partial charge in [0.05, 0.1) is 5.92 Å². The van der Waals surface area contributed by atoms with Gasteiger partial charge in [-0.15, -0.1) is 0 Å². The van der Waals surface area contributed by atoms with Gasteiger partial charge >= 0.3 is 0 Å². The van der Waals surface area contributed by atoms with Crippen molar-refractivity contribution in [3.8, 4) is 0 Å². The van der Waals surface area contributed by atoms with E-state index in [2.05, 4.69) is 21.2 Å². The minimum atomic E-state index is 0.187. The molecule has 0 aromatic carbocycles. The summed E-state index contributed by atoms with van der Waals surface area (Å²) in [5.74, 6) is 0.389. The van der Waals surface area contributed by atoms with Crippen LogP contribution in [-0.4, -0.2) is 17.8 Å². The molecule has 0 radical (unpaired) electrons. The largest absolute Gasteiger partial charge is 0.359 e. The van der Waals surface area contributed by atoms with Crippen molar-refractivity contribution < 1.29 is 4.79 Å². The van der Waals surface area contributed by atoms with Gasteiger partial charge in [0.25, 0.3) is 0 Å². The first-order valence-corrected chi connectivity index (χ1v) is 5.03. The predicted octanol–water partition coefficient (Wildman–Crippen LogP) is 1.69. The molecule has 2 unspecified atom stereocenters. The second-order valence-corrected chi connectivity index (χ2v) is 4.20. The molecule has 0 spiro atoms. The van der Waals surface area contributed by atoms with Crippen LogP contribution < -0.4 is 5.32 Å². The molecular weight excluding hydrogens is 206 g/mol. The quantitative estimate of drug-likeness (QED) is 0.669. The Morgan fingerprint density at radius 3 is 2.64 bits per heavy atom. The molecule has 0 bridgehead atoms. The standard InChI is InChI=1S/C8H14BrNO/c1-10-8(11)6-4-2-3-5-7(6)9/h6-7H,2-5H2,1H3,(H,10,11). The second-order valence-electron chi connectivity index (χ2n) is 3.02. The lowest BCUT2D eigenvalue weighted by atomic mass is 9.88. The number of halogens is 1. The van der Waals surface area contributed by atoms with Gasteiger partial charge in [0, 0.05) is 11.9 Å². The zero-order chi connectivity index (χ0) is 8.27. The minimum absolute atomic E-state index is 0.187. The fraction of sp³-hybridized carbons (Fsp3) is 0.875. The number of amides is 1. The third-order valence-corrected chi connectivity index (χ3v) is 3.36. The van der Waals surface area contributed by atoms with E-state index < -0.39 is 0 Å². The summed E-state index contributed by atoms with van der Waals surface area (Å²) in [4.78, 5) is 11.6. The third-order valence-electron chi connectivity index (χ3n) is 2.26. The van der Waals surface area contributed by atoms with Gasteiger partial charge in [0.1, 0.15) is 0 Å². The first-order valence-electron chi connectivity index (χ1n) is 4.11. The molecule has 1 aliphatic rings. The molecular formula is C8H14BrNO. The summed E-state index contributed by atoms with van der Waals surface area (Å²) in [7, 11) is 1.71. The Morgan fingerprint density at radius 1 is 1.45 bits per heavy atom. The molecule has 3 heteroatoms. The van der Waals surface area contributed by atoms with Crippen LogP contribution in [0.15, 0.2) is 0 Å². The second kappa shape index (κ2) is 4.10. The van der Waals surface area contributed by atoms with Gasteiger partial charge in [0.2, 0.25) is 5.91 Å². The first-order chi connectivity index (χ1) is 5.25. The molecule has 1 fully saturated rings. The molecule has 2 atom stereocenters. The van der Waals surface area contributed by atoms with Crippen molar-refractivity contribution in [2.45, 2.75) is 30.5 Å². The topological polar surface area (TPSA) is 29.1 Å². The summed E-state index contributed by atoms with van der Waals surface area (Å²) in [6.07, 6.45) is 4.62. The summed E-state index contributed by atoms with van der Waals surface area (Å²) in [5.41, 5.74) is 0. The van der Waals surface area contributed by atoms with E-state index in [0.29, 0.717) is 4.83 Å². The van der Waals surface area contributed by atoms with Crippen LogP contribution in [0.5, 0.6) is 0 Å². The summed E-state index contributed by atoms with van der Waals surface area (Å²) >= 11 is 3.54. The lowest BCUT2D eigenvalue weighted by Gasteiger charge is -2.25. The summed E-state index contributed by atoms with van der Waals surface area (Å²) in [5, 5.41) is 2.70. The van der Waals surface area contributed by atoms with E-state index in [-0.39, 0.29) is 11.8 Å². The summed E-state index contributed by atoms with van der Waals surface area (Å²) in [6, 6.07) is 0. The zero-order valence-electron chi connectivity index (χ0n) is 6.77. The van der Waals surface area contributed by atoms with E-state index in [9.17, 15) is 4.79 Å². The van der Waals surface area contributed by atoms with E-state index in [1.54, 1.807) is 7.05 Å². The van der Waals surface area contributed by atoms with Crippen molar-refractivity contribution >= 4 is 21.8 Å². The maximum Gasteiger partial charge on any atom is 0.223 e. The van der Waals surface area contributed by atoms with E-state index in [1.165, 1.54) is 12.8 Å². The Balaban J connectivity index is 2.47. The van der Waals surface area contributed by atoms with E-state index >= 15 is 0 Å². The Morgan fingerprint density at radius 2 is 2.09 bits per heavy atom. The fourth-order valence-corrected chi connectivity index (χ4v) is 2.39. The Kier molecular flexibility index (Phi) is 3.37. The Labute approximate surface area is 75.9 Å². The molecule has 0 aromatic heterocycles. The fourth-order valence-electron chi connectivity index (χ4n) is 1.57. The van der Waals surface area contributed by atoms with Gasteiger partial charge in [-0.25, -0.2) is 0 Å². The van der Waals surface area contributed by atoms with Gasteiger partial charge in [0.15, 0.2) is 0 Å². The summed E-state index contributed by atoms with van der Waals surface area (Å²) < 4.78 is 0. The number of carbonyl (C=O) groups is 1. The maximum absolute atomic E-state index is 11.2. The van der Waals surface area contributed by atoms with Gasteiger partial charge < -0.3 is 5.32 Å². The molecule has 0 aromatic rings. The number of alkyl halides is 1. The lowest BCUT2D eigenvalue weighted by molar-refractivity contribution is -0.125. The molecule has 11 heavy (non-hydrogen) atoms. The van der Waals surface area contributed by atoms with Crippen LogP contribution in [0.3, 0.4) is 0 Å². The van der Waals surface area contributed by atoms with Crippen molar-refractivity contribution in [2.24, 2.45) is 5.92 Å². The Bertz CT molecular complexity index is 149. The SMILES string of the molecule is CNC(=O)C1CCCCC1Br. The summed E-state index contributed by atoms with van der Waals surface area (Å²) in [6.45, 7) is 0. The van der Waals surface area contributed by atoms with Crippen LogP contribution in [0.25, 0.3) is 0 Å². The van der Waals surface area contributed by atoms with E-state index in [1.807, 2.05) is 0 Å². The highest BCUT2D eigenvalue weighted by Crippen LogP contribution is 2.29. The molecule has 2 nitrogen and oxygen atoms in total. The van der Waals surface area contributed by atoms with Gasteiger partial charge in [-0.3, -0.25) is 4.79 Å². The van der Waals surface area contributed by atoms with Crippen molar-refractivity contribution in [3.63, 3.8) is 0 Å². The Hall–Kier alpha value is -0.0500. The predicted molar refractivity (Wildman–Crippen MR) is 48.7 cm³/mol. The molecule has 1 saturated carbocycles. The smallest absolute Gasteiger partial charge is 0.223 e. The van der Waals surface area contributed by atoms with Crippen molar-refractivity contribution in [1.82, 2.24) is 5.32 Å². The number of hydrogen-bond donors (Lipinski definition) is 1. The zero-order valence-corrected chi connectivity index (χ0v) is 8.36. The molecule has 0 aliphatic heterocycles. The highest BCUT2D eigenvalue weighted by Gasteiger charge is 2.27. The number of nitrogens with one attached hydrogen (secondary N) is 1. The monoisotopic (exact) mass is 219 g/mol. The third kappa shape index (κ3) is 2.19. The van der Waals surface area contributed by atoms with Crippen LogP contribution in [-0.2, 0) is 4.79 Å². The average Bonchev–Trinajstić information content (AvgIpc) is 2.04. The first kappa shape index (κ1) is 9.04. The minimum Gasteiger partial charge on any atom is -0.359 e. The molecule has 1 amide bonds. The van der Waals surface area contributed by atoms with Crippen LogP contribution >= 0.6 is 15.9 Å². The molecule has 1 aliphatic carbocycles. The van der Waals surface area contributed by atoms with Gasteiger partial charge in [-0.2, -0.15) is 0 Å². The van der Waals surface area contributed by atoms with Crippen LogP contribution in [0.1, 0.15) is 25.7 Å². The van der Waals surface area contributed by atoms with Crippen molar-refractivity contribution in [2.75, 3.05) is 7.05 Å². The van der Waals surface area contributed by atoms with Crippen molar-refractivity contribution in [1.29, 1.82) is 0 Å². The van der Waals surface area contributed by atoms with Crippen LogP contribution in [0.4, 0.5) is 0 Å². The molecule has 1 rings (SSSR count). The molecule has 0 saturated heterocycles. The number of carbonyl (C=O) groups excluding carboxylic acids is 1. The number of hydrogen-bond acceptors (Lipinski definition) is 1.